The Balaban J connectivity index is 1.57. The summed E-state index contributed by atoms with van der Waals surface area (Å²) in [7, 11) is 0. The Morgan fingerprint density at radius 2 is 2.10 bits per heavy atom. The van der Waals surface area contributed by atoms with Gasteiger partial charge in [-0.1, -0.05) is 19.0 Å². The van der Waals surface area contributed by atoms with Crippen molar-refractivity contribution in [2.75, 3.05) is 19.7 Å². The number of alkyl halides is 3. The van der Waals surface area contributed by atoms with Gasteiger partial charge in [0.2, 0.25) is 5.91 Å². The van der Waals surface area contributed by atoms with E-state index in [1.54, 1.807) is 18.7 Å². The average molecular weight is 439 g/mol. The molecule has 2 aromatic heterocycles. The molecule has 2 saturated heterocycles. The second kappa shape index (κ2) is 8.76. The van der Waals surface area contributed by atoms with Crippen molar-refractivity contribution in [1.82, 2.24) is 15.0 Å². The van der Waals surface area contributed by atoms with Crippen LogP contribution in [0.25, 0.3) is 11.1 Å². The number of pyridine rings is 1. The highest BCUT2D eigenvalue weighted by molar-refractivity contribution is 5.82. The maximum Gasteiger partial charge on any atom is 0.417 e. The van der Waals surface area contributed by atoms with Crippen LogP contribution in [-0.2, 0) is 15.7 Å². The van der Waals surface area contributed by atoms with Gasteiger partial charge in [0, 0.05) is 37.7 Å². The standard InChI is InChI=1S/C22H28F3N3O3/c1-13(2)17-11-16(22(23,24)25)19-20(27-31-21(19)26-17)14-5-3-9-28(12-14)18(29)8-7-15-6-4-10-30-15/h11,13-15H,3-10,12H2,1-2H3/t14-,15+/m1/s1. The molecule has 0 aromatic carbocycles. The topological polar surface area (TPSA) is 68.5 Å². The predicted octanol–water partition coefficient (Wildman–Crippen LogP) is 5.03. The van der Waals surface area contributed by atoms with E-state index in [0.29, 0.717) is 44.5 Å². The lowest BCUT2D eigenvalue weighted by molar-refractivity contribution is -0.136. The van der Waals surface area contributed by atoms with E-state index in [2.05, 4.69) is 10.1 Å². The molecule has 0 saturated carbocycles. The Kier molecular flexibility index (Phi) is 6.23. The van der Waals surface area contributed by atoms with Crippen LogP contribution in [0.4, 0.5) is 13.2 Å². The first-order chi connectivity index (χ1) is 14.7. The van der Waals surface area contributed by atoms with Gasteiger partial charge in [-0.2, -0.15) is 13.2 Å². The molecule has 0 aliphatic carbocycles. The molecule has 1 amide bonds. The molecule has 0 unspecified atom stereocenters. The number of carbonyl (C=O) groups is 1. The highest BCUT2D eigenvalue weighted by Gasteiger charge is 2.38. The third kappa shape index (κ3) is 4.71. The summed E-state index contributed by atoms with van der Waals surface area (Å²) < 4.78 is 52.4. The van der Waals surface area contributed by atoms with Crippen LogP contribution in [0, 0.1) is 0 Å². The van der Waals surface area contributed by atoms with Crippen molar-refractivity contribution in [2.45, 2.75) is 76.5 Å². The quantitative estimate of drug-likeness (QED) is 0.654. The molecule has 2 fully saturated rings. The fraction of sp³-hybridized carbons (Fsp3) is 0.682. The Morgan fingerprint density at radius 3 is 2.77 bits per heavy atom. The number of piperidine rings is 1. The summed E-state index contributed by atoms with van der Waals surface area (Å²) in [6.45, 7) is 5.27. The van der Waals surface area contributed by atoms with E-state index < -0.39 is 11.7 Å². The van der Waals surface area contributed by atoms with Crippen LogP contribution in [0.3, 0.4) is 0 Å². The van der Waals surface area contributed by atoms with Crippen LogP contribution in [0.1, 0.15) is 81.2 Å². The zero-order valence-corrected chi connectivity index (χ0v) is 17.9. The van der Waals surface area contributed by atoms with Crippen molar-refractivity contribution in [1.29, 1.82) is 0 Å². The molecule has 4 rings (SSSR count). The van der Waals surface area contributed by atoms with Crippen LogP contribution in [0.5, 0.6) is 0 Å². The summed E-state index contributed by atoms with van der Waals surface area (Å²) in [5.41, 5.74) is -0.284. The highest BCUT2D eigenvalue weighted by atomic mass is 19.4. The van der Waals surface area contributed by atoms with Gasteiger partial charge < -0.3 is 14.2 Å². The van der Waals surface area contributed by atoms with Crippen molar-refractivity contribution in [3.05, 3.63) is 23.0 Å². The van der Waals surface area contributed by atoms with Gasteiger partial charge in [0.1, 0.15) is 0 Å². The van der Waals surface area contributed by atoms with Crippen LogP contribution in [0.15, 0.2) is 10.6 Å². The minimum Gasteiger partial charge on any atom is -0.378 e. The second-order valence-corrected chi connectivity index (χ2v) is 8.85. The first-order valence-electron chi connectivity index (χ1n) is 11.0. The van der Waals surface area contributed by atoms with Gasteiger partial charge >= 0.3 is 6.18 Å². The lowest BCUT2D eigenvalue weighted by Crippen LogP contribution is -2.39. The van der Waals surface area contributed by atoms with Gasteiger partial charge in [-0.15, -0.1) is 0 Å². The van der Waals surface area contributed by atoms with E-state index in [1.807, 2.05) is 0 Å². The van der Waals surface area contributed by atoms with Gasteiger partial charge in [0.15, 0.2) is 0 Å². The van der Waals surface area contributed by atoms with Crippen LogP contribution < -0.4 is 0 Å². The molecule has 2 atom stereocenters. The van der Waals surface area contributed by atoms with E-state index in [4.69, 9.17) is 9.26 Å². The number of halogens is 3. The Hall–Kier alpha value is -2.16. The Labute approximate surface area is 179 Å². The summed E-state index contributed by atoms with van der Waals surface area (Å²) in [5, 5.41) is 3.93. The van der Waals surface area contributed by atoms with Gasteiger partial charge in [-0.05, 0) is 44.1 Å². The lowest BCUT2D eigenvalue weighted by Gasteiger charge is -2.32. The second-order valence-electron chi connectivity index (χ2n) is 8.85. The minimum absolute atomic E-state index is 0.0178. The van der Waals surface area contributed by atoms with Crippen molar-refractivity contribution in [3.63, 3.8) is 0 Å². The number of aromatic nitrogens is 2. The largest absolute Gasteiger partial charge is 0.417 e. The number of hydrogen-bond acceptors (Lipinski definition) is 5. The maximum atomic E-state index is 13.9. The number of carbonyl (C=O) groups excluding carboxylic acids is 1. The number of amides is 1. The maximum absolute atomic E-state index is 13.9. The van der Waals surface area contributed by atoms with Crippen LogP contribution in [-0.4, -0.2) is 46.7 Å². The Bertz CT molecular complexity index is 935. The smallest absolute Gasteiger partial charge is 0.378 e. The summed E-state index contributed by atoms with van der Waals surface area (Å²) in [4.78, 5) is 18.7. The monoisotopic (exact) mass is 439 g/mol. The zero-order valence-electron chi connectivity index (χ0n) is 17.9. The third-order valence-corrected chi connectivity index (χ3v) is 6.25. The average Bonchev–Trinajstić information content (AvgIpc) is 3.40. The first-order valence-corrected chi connectivity index (χ1v) is 11.0. The minimum atomic E-state index is -4.55. The van der Waals surface area contributed by atoms with Gasteiger partial charge in [-0.25, -0.2) is 4.98 Å². The number of nitrogens with zero attached hydrogens (tertiary/aromatic N) is 3. The molecule has 170 valence electrons. The van der Waals surface area contributed by atoms with Gasteiger partial charge in [0.25, 0.3) is 5.71 Å². The van der Waals surface area contributed by atoms with Gasteiger partial charge in [0.05, 0.1) is 22.7 Å². The fourth-order valence-electron chi connectivity index (χ4n) is 4.53. The molecular formula is C22H28F3N3O3. The third-order valence-electron chi connectivity index (χ3n) is 6.25. The molecule has 31 heavy (non-hydrogen) atoms. The van der Waals surface area contributed by atoms with Crippen molar-refractivity contribution in [3.8, 4) is 0 Å². The molecule has 2 aliphatic rings. The van der Waals surface area contributed by atoms with Crippen molar-refractivity contribution >= 4 is 17.0 Å². The van der Waals surface area contributed by atoms with Crippen LogP contribution >= 0.6 is 0 Å². The Morgan fingerprint density at radius 1 is 1.29 bits per heavy atom. The number of likely N-dealkylation sites (tertiary alicyclic amines) is 1. The van der Waals surface area contributed by atoms with E-state index in [-0.39, 0.29) is 40.6 Å². The molecule has 6 nitrogen and oxygen atoms in total. The molecule has 4 heterocycles. The molecule has 0 bridgehead atoms. The van der Waals surface area contributed by atoms with E-state index in [9.17, 15) is 18.0 Å². The van der Waals surface area contributed by atoms with Crippen molar-refractivity contribution < 1.29 is 27.2 Å². The molecule has 9 heteroatoms. The van der Waals surface area contributed by atoms with E-state index >= 15 is 0 Å². The number of rotatable bonds is 5. The zero-order chi connectivity index (χ0) is 22.2. The molecule has 2 aliphatic heterocycles. The normalized spacial score (nSPS) is 22.6. The SMILES string of the molecule is CC(C)c1cc(C(F)(F)F)c2c([C@@H]3CCCN(C(=O)CC[C@@H]4CCCO4)C3)noc2n1. The summed E-state index contributed by atoms with van der Waals surface area (Å²) in [5.74, 6) is -0.468. The van der Waals surface area contributed by atoms with E-state index in [1.165, 1.54) is 0 Å². The molecule has 0 radical (unpaired) electrons. The van der Waals surface area contributed by atoms with E-state index in [0.717, 1.165) is 25.5 Å². The van der Waals surface area contributed by atoms with Crippen molar-refractivity contribution in [2.24, 2.45) is 0 Å². The van der Waals surface area contributed by atoms with Crippen LogP contribution in [0.2, 0.25) is 0 Å². The summed E-state index contributed by atoms with van der Waals surface area (Å²) in [6, 6.07) is 1.10. The molecule has 0 N–H and O–H groups in total. The highest BCUT2D eigenvalue weighted by Crippen LogP contribution is 2.40. The molecular weight excluding hydrogens is 411 g/mol. The number of hydrogen-bond donors (Lipinski definition) is 0. The number of ether oxygens (including phenoxy) is 1. The fourth-order valence-corrected chi connectivity index (χ4v) is 4.53. The lowest BCUT2D eigenvalue weighted by atomic mass is 9.91. The van der Waals surface area contributed by atoms with Gasteiger partial charge in [-0.3, -0.25) is 4.79 Å². The predicted molar refractivity (Wildman–Crippen MR) is 108 cm³/mol. The molecule has 2 aromatic rings. The summed E-state index contributed by atoms with van der Waals surface area (Å²) in [6.07, 6.45) is 0.0432. The molecule has 0 spiro atoms. The number of fused-ring (bicyclic) bond motifs is 1. The summed E-state index contributed by atoms with van der Waals surface area (Å²) >= 11 is 0. The first kappa shape index (κ1) is 22.0.